The Balaban J connectivity index is 2.55. The molecule has 0 aliphatic rings. The third kappa shape index (κ3) is 2.39. The van der Waals surface area contributed by atoms with Gasteiger partial charge in [0.05, 0.1) is 5.52 Å². The van der Waals surface area contributed by atoms with E-state index < -0.39 is 0 Å². The summed E-state index contributed by atoms with van der Waals surface area (Å²) in [7, 11) is 0. The van der Waals surface area contributed by atoms with E-state index in [4.69, 9.17) is 5.73 Å². The fourth-order valence-corrected chi connectivity index (χ4v) is 2.05. The predicted molar refractivity (Wildman–Crippen MR) is 69.3 cm³/mol. The third-order valence-electron chi connectivity index (χ3n) is 2.40. The molecule has 3 nitrogen and oxygen atoms in total. The molecule has 1 unspecified atom stereocenters. The van der Waals surface area contributed by atoms with Crippen LogP contribution in [0.5, 0.6) is 0 Å². The number of fused-ring (bicyclic) bond motifs is 1. The Kier molecular flexibility index (Phi) is 3.21. The van der Waals surface area contributed by atoms with Crippen molar-refractivity contribution in [1.82, 2.24) is 9.97 Å². The van der Waals surface area contributed by atoms with Crippen LogP contribution in [-0.4, -0.2) is 16.0 Å². The Hall–Kier alpha value is -1.000. The summed E-state index contributed by atoms with van der Waals surface area (Å²) in [4.78, 5) is 8.98. The maximum Gasteiger partial charge on any atom is 0.130 e. The molecule has 0 radical (unpaired) electrons. The highest BCUT2D eigenvalue weighted by atomic mass is 79.9. The van der Waals surface area contributed by atoms with Crippen LogP contribution in [0, 0.1) is 6.92 Å². The Morgan fingerprint density at radius 1 is 1.38 bits per heavy atom. The number of aromatic nitrogens is 2. The van der Waals surface area contributed by atoms with Gasteiger partial charge in [-0.1, -0.05) is 15.9 Å². The summed E-state index contributed by atoms with van der Waals surface area (Å²) in [5.41, 5.74) is 7.74. The molecule has 84 valence electrons. The van der Waals surface area contributed by atoms with E-state index >= 15 is 0 Å². The number of hydrogen-bond donors (Lipinski definition) is 1. The number of hydrogen-bond acceptors (Lipinski definition) is 3. The van der Waals surface area contributed by atoms with Crippen LogP contribution < -0.4 is 5.73 Å². The first-order valence-electron chi connectivity index (χ1n) is 5.24. The van der Waals surface area contributed by atoms with Crippen molar-refractivity contribution < 1.29 is 0 Å². The molecule has 0 bridgehead atoms. The molecule has 0 saturated carbocycles. The highest BCUT2D eigenvalue weighted by Crippen LogP contribution is 2.20. The average Bonchev–Trinajstić information content (AvgIpc) is 2.18. The molecule has 0 spiro atoms. The van der Waals surface area contributed by atoms with E-state index in [0.717, 1.165) is 26.9 Å². The molecule has 16 heavy (non-hydrogen) atoms. The maximum atomic E-state index is 5.76. The molecule has 2 aromatic rings. The summed E-state index contributed by atoms with van der Waals surface area (Å²) in [5.74, 6) is 0.822. The number of halogens is 1. The van der Waals surface area contributed by atoms with Crippen LogP contribution in [0.4, 0.5) is 0 Å². The van der Waals surface area contributed by atoms with Gasteiger partial charge in [-0.25, -0.2) is 9.97 Å². The molecule has 2 rings (SSSR count). The number of benzene rings is 1. The topological polar surface area (TPSA) is 51.8 Å². The lowest BCUT2D eigenvalue weighted by Crippen LogP contribution is -2.19. The van der Waals surface area contributed by atoms with E-state index in [9.17, 15) is 0 Å². The van der Waals surface area contributed by atoms with Crippen LogP contribution in [0.2, 0.25) is 0 Å². The number of nitrogens with zero attached hydrogens (tertiary/aromatic N) is 2. The van der Waals surface area contributed by atoms with Crippen molar-refractivity contribution in [3.8, 4) is 0 Å². The Morgan fingerprint density at radius 3 is 2.81 bits per heavy atom. The largest absolute Gasteiger partial charge is 0.328 e. The standard InChI is InChI=1S/C12H14BrN3/c1-7(14)5-12-15-8(2)10-6-9(13)3-4-11(10)16-12/h3-4,6-7H,5,14H2,1-2H3. The van der Waals surface area contributed by atoms with Crippen LogP contribution in [0.3, 0.4) is 0 Å². The van der Waals surface area contributed by atoms with Crippen molar-refractivity contribution in [2.45, 2.75) is 26.3 Å². The summed E-state index contributed by atoms with van der Waals surface area (Å²) >= 11 is 3.45. The molecule has 0 amide bonds. The zero-order valence-electron chi connectivity index (χ0n) is 9.37. The first kappa shape index (κ1) is 11.5. The second-order valence-corrected chi connectivity index (χ2v) is 4.98. The van der Waals surface area contributed by atoms with Gasteiger partial charge >= 0.3 is 0 Å². The smallest absolute Gasteiger partial charge is 0.130 e. The monoisotopic (exact) mass is 279 g/mol. The van der Waals surface area contributed by atoms with Gasteiger partial charge in [0.25, 0.3) is 0 Å². The van der Waals surface area contributed by atoms with Crippen molar-refractivity contribution in [1.29, 1.82) is 0 Å². The highest BCUT2D eigenvalue weighted by Gasteiger charge is 2.06. The van der Waals surface area contributed by atoms with Crippen molar-refractivity contribution in [2.24, 2.45) is 5.73 Å². The molecular weight excluding hydrogens is 266 g/mol. The van der Waals surface area contributed by atoms with Crippen molar-refractivity contribution in [2.75, 3.05) is 0 Å². The quantitative estimate of drug-likeness (QED) is 0.919. The SMILES string of the molecule is Cc1nc(CC(C)N)nc2ccc(Br)cc12. The minimum Gasteiger partial charge on any atom is -0.328 e. The first-order valence-corrected chi connectivity index (χ1v) is 6.04. The van der Waals surface area contributed by atoms with E-state index in [1.165, 1.54) is 0 Å². The fourth-order valence-electron chi connectivity index (χ4n) is 1.69. The molecule has 0 aliphatic heterocycles. The summed E-state index contributed by atoms with van der Waals surface area (Å²) in [6, 6.07) is 6.12. The Bertz CT molecular complexity index is 523. The number of aryl methyl sites for hydroxylation is 1. The summed E-state index contributed by atoms with van der Waals surface area (Å²) in [6.45, 7) is 3.96. The average molecular weight is 280 g/mol. The lowest BCUT2D eigenvalue weighted by Gasteiger charge is -2.07. The minimum atomic E-state index is 0.0901. The molecule has 2 N–H and O–H groups in total. The zero-order chi connectivity index (χ0) is 11.7. The molecule has 0 fully saturated rings. The second kappa shape index (κ2) is 4.47. The summed E-state index contributed by atoms with van der Waals surface area (Å²) in [5, 5.41) is 1.09. The summed E-state index contributed by atoms with van der Waals surface area (Å²) in [6.07, 6.45) is 0.715. The Morgan fingerprint density at radius 2 is 2.12 bits per heavy atom. The highest BCUT2D eigenvalue weighted by molar-refractivity contribution is 9.10. The van der Waals surface area contributed by atoms with Gasteiger partial charge in [0, 0.05) is 28.0 Å². The van der Waals surface area contributed by atoms with Crippen LogP contribution in [0.1, 0.15) is 18.4 Å². The number of rotatable bonds is 2. The second-order valence-electron chi connectivity index (χ2n) is 4.07. The zero-order valence-corrected chi connectivity index (χ0v) is 11.0. The lowest BCUT2D eigenvalue weighted by atomic mass is 10.1. The minimum absolute atomic E-state index is 0.0901. The predicted octanol–water partition coefficient (Wildman–Crippen LogP) is 2.59. The van der Waals surface area contributed by atoms with Crippen molar-refractivity contribution in [3.63, 3.8) is 0 Å². The molecule has 1 aromatic carbocycles. The molecule has 1 heterocycles. The lowest BCUT2D eigenvalue weighted by molar-refractivity contribution is 0.703. The van der Waals surface area contributed by atoms with Gasteiger partial charge in [0.1, 0.15) is 5.82 Å². The van der Waals surface area contributed by atoms with E-state index in [1.807, 2.05) is 32.0 Å². The molecule has 1 atom stereocenters. The maximum absolute atomic E-state index is 5.76. The van der Waals surface area contributed by atoms with Crippen LogP contribution in [0.15, 0.2) is 22.7 Å². The van der Waals surface area contributed by atoms with E-state index in [1.54, 1.807) is 0 Å². The van der Waals surface area contributed by atoms with Gasteiger partial charge < -0.3 is 5.73 Å². The third-order valence-corrected chi connectivity index (χ3v) is 2.89. The molecule has 4 heteroatoms. The van der Waals surface area contributed by atoms with Gasteiger partial charge in [0.15, 0.2) is 0 Å². The van der Waals surface area contributed by atoms with E-state index in [0.29, 0.717) is 6.42 Å². The van der Waals surface area contributed by atoms with Gasteiger partial charge in [-0.3, -0.25) is 0 Å². The van der Waals surface area contributed by atoms with Crippen LogP contribution in [0.25, 0.3) is 10.9 Å². The van der Waals surface area contributed by atoms with Crippen molar-refractivity contribution in [3.05, 3.63) is 34.2 Å². The molecule has 1 aromatic heterocycles. The van der Waals surface area contributed by atoms with Gasteiger partial charge in [-0.15, -0.1) is 0 Å². The molecule has 0 saturated heterocycles. The normalized spacial score (nSPS) is 13.0. The molecular formula is C12H14BrN3. The van der Waals surface area contributed by atoms with Crippen LogP contribution >= 0.6 is 15.9 Å². The van der Waals surface area contributed by atoms with E-state index in [2.05, 4.69) is 25.9 Å². The van der Waals surface area contributed by atoms with Gasteiger partial charge in [-0.2, -0.15) is 0 Å². The van der Waals surface area contributed by atoms with Gasteiger partial charge in [0.2, 0.25) is 0 Å². The fraction of sp³-hybridized carbons (Fsp3) is 0.333. The summed E-state index contributed by atoms with van der Waals surface area (Å²) < 4.78 is 1.05. The number of nitrogens with two attached hydrogens (primary N) is 1. The van der Waals surface area contributed by atoms with Gasteiger partial charge in [-0.05, 0) is 32.0 Å². The Labute approximate surface area is 103 Å². The van der Waals surface area contributed by atoms with Crippen LogP contribution in [-0.2, 0) is 6.42 Å². The van der Waals surface area contributed by atoms with Crippen molar-refractivity contribution >= 4 is 26.8 Å². The molecule has 0 aliphatic carbocycles. The van der Waals surface area contributed by atoms with E-state index in [-0.39, 0.29) is 6.04 Å². The first-order chi connectivity index (χ1) is 7.56.